The molecule has 0 unspecified atom stereocenters. The minimum absolute atomic E-state index is 0.213. The number of carbonyl (C=O) groups excluding carboxylic acids is 1. The molecule has 1 aliphatic heterocycles. The molecule has 0 radical (unpaired) electrons. The molecule has 0 spiro atoms. The Morgan fingerprint density at radius 2 is 1.88 bits per heavy atom. The number of hydrogen-bond donors (Lipinski definition) is 3. The molecule has 5 rings (SSSR count). The lowest BCUT2D eigenvalue weighted by Crippen LogP contribution is -2.34. The van der Waals surface area contributed by atoms with Crippen molar-refractivity contribution in [1.29, 1.82) is 0 Å². The monoisotopic (exact) mass is 446 g/mol. The quantitative estimate of drug-likeness (QED) is 0.536. The van der Waals surface area contributed by atoms with E-state index in [1.807, 2.05) is 25.1 Å². The lowest BCUT2D eigenvalue weighted by molar-refractivity contribution is 0.0976. The summed E-state index contributed by atoms with van der Waals surface area (Å²) in [6.07, 6.45) is 6.34. The minimum atomic E-state index is -0.321. The third kappa shape index (κ3) is 4.09. The predicted octanol–water partition coefficient (Wildman–Crippen LogP) is 2.64. The van der Waals surface area contributed by atoms with Gasteiger partial charge in [0.25, 0.3) is 5.91 Å². The summed E-state index contributed by atoms with van der Waals surface area (Å²) in [6, 6.07) is 11.1. The Balaban J connectivity index is 1.31. The van der Waals surface area contributed by atoms with E-state index >= 15 is 0 Å². The number of thiocarbonyl (C=S) groups is 1. The maximum absolute atomic E-state index is 12.7. The maximum Gasteiger partial charge on any atom is 0.257 e. The van der Waals surface area contributed by atoms with Gasteiger partial charge in [-0.2, -0.15) is 0 Å². The third-order valence-corrected chi connectivity index (χ3v) is 5.61. The number of aryl methyl sites for hydroxylation is 1. The van der Waals surface area contributed by atoms with Crippen LogP contribution in [0, 0.1) is 6.92 Å². The summed E-state index contributed by atoms with van der Waals surface area (Å²) in [7, 11) is 0. The number of ether oxygens (including phenoxy) is 2. The van der Waals surface area contributed by atoms with Crippen molar-refractivity contribution in [2.45, 2.75) is 19.8 Å². The average molecular weight is 447 g/mol. The number of amides is 1. The summed E-state index contributed by atoms with van der Waals surface area (Å²) in [5.41, 5.74) is 3.18. The second-order valence-corrected chi connectivity index (χ2v) is 8.07. The second-order valence-electron chi connectivity index (χ2n) is 7.67. The van der Waals surface area contributed by atoms with Gasteiger partial charge >= 0.3 is 0 Å². The number of anilines is 1. The fraction of sp³-hybridized carbons (Fsp3) is 0.208. The van der Waals surface area contributed by atoms with E-state index in [0.29, 0.717) is 30.3 Å². The number of hydrogen-bond acceptors (Lipinski definition) is 5. The van der Waals surface area contributed by atoms with Gasteiger partial charge in [0, 0.05) is 16.8 Å². The van der Waals surface area contributed by atoms with Crippen LogP contribution in [-0.4, -0.2) is 34.2 Å². The van der Waals surface area contributed by atoms with E-state index in [4.69, 9.17) is 26.7 Å². The molecule has 1 amide bonds. The largest absolute Gasteiger partial charge is 0.486 e. The van der Waals surface area contributed by atoms with Crippen LogP contribution in [0.2, 0.25) is 0 Å². The van der Waals surface area contributed by atoms with E-state index in [-0.39, 0.29) is 11.0 Å². The molecule has 7 nitrogen and oxygen atoms in total. The molecular weight excluding hydrogens is 424 g/mol. The average Bonchev–Trinajstić information content (AvgIpc) is 3.24. The first-order chi connectivity index (χ1) is 15.6. The zero-order valence-corrected chi connectivity index (χ0v) is 18.3. The number of carbonyl (C=O) groups is 1. The van der Waals surface area contributed by atoms with E-state index in [0.717, 1.165) is 46.2 Å². The number of H-pyrrole nitrogens is 1. The molecule has 2 heterocycles. The van der Waals surface area contributed by atoms with Crippen molar-refractivity contribution in [1.82, 2.24) is 15.3 Å². The molecule has 0 fully saturated rings. The van der Waals surface area contributed by atoms with Gasteiger partial charge in [-0.3, -0.25) is 10.1 Å². The molecule has 8 heteroatoms. The Labute approximate surface area is 190 Å². The van der Waals surface area contributed by atoms with Crippen molar-refractivity contribution >= 4 is 41.1 Å². The molecule has 3 N–H and O–H groups in total. The first kappa shape index (κ1) is 20.3. The summed E-state index contributed by atoms with van der Waals surface area (Å²) in [6.45, 7) is 2.94. The highest BCUT2D eigenvalue weighted by Gasteiger charge is 2.16. The minimum Gasteiger partial charge on any atom is -0.486 e. The molecule has 0 saturated carbocycles. The van der Waals surface area contributed by atoms with Gasteiger partial charge in [0.2, 0.25) is 0 Å². The van der Waals surface area contributed by atoms with Crippen molar-refractivity contribution in [3.05, 3.63) is 58.2 Å². The third-order valence-electron chi connectivity index (χ3n) is 5.40. The first-order valence-corrected chi connectivity index (χ1v) is 10.9. The van der Waals surface area contributed by atoms with Gasteiger partial charge in [-0.15, -0.1) is 0 Å². The van der Waals surface area contributed by atoms with Gasteiger partial charge < -0.3 is 19.8 Å². The van der Waals surface area contributed by atoms with Crippen LogP contribution in [0.15, 0.2) is 36.4 Å². The van der Waals surface area contributed by atoms with Crippen LogP contribution in [0.1, 0.15) is 28.8 Å². The Bertz CT molecular complexity index is 1310. The Morgan fingerprint density at radius 1 is 1.06 bits per heavy atom. The highest BCUT2D eigenvalue weighted by molar-refractivity contribution is 7.80. The van der Waals surface area contributed by atoms with E-state index in [2.05, 4.69) is 27.8 Å². The van der Waals surface area contributed by atoms with Crippen LogP contribution < -0.4 is 30.8 Å². The summed E-state index contributed by atoms with van der Waals surface area (Å²) in [5, 5.41) is 8.12. The Kier molecular flexibility index (Phi) is 5.36. The van der Waals surface area contributed by atoms with Crippen LogP contribution >= 0.6 is 12.2 Å². The van der Waals surface area contributed by atoms with Crippen molar-refractivity contribution in [3.8, 4) is 22.9 Å². The fourth-order valence-corrected chi connectivity index (χ4v) is 3.92. The molecule has 3 aromatic rings. The molecule has 162 valence electrons. The fourth-order valence-electron chi connectivity index (χ4n) is 3.71. The number of fused-ring (bicyclic) bond motifs is 2. The zero-order valence-electron chi connectivity index (χ0n) is 17.5. The van der Waals surface area contributed by atoms with Gasteiger partial charge in [0.1, 0.15) is 19.0 Å². The molecule has 1 aromatic heterocycles. The Morgan fingerprint density at radius 3 is 2.72 bits per heavy atom. The second kappa shape index (κ2) is 8.47. The summed E-state index contributed by atoms with van der Waals surface area (Å²) in [4.78, 5) is 20.7. The molecule has 2 aliphatic rings. The number of imidazole rings is 1. The first-order valence-electron chi connectivity index (χ1n) is 10.5. The Hall–Kier alpha value is -3.65. The molecule has 2 aromatic carbocycles. The van der Waals surface area contributed by atoms with Crippen LogP contribution in [0.4, 0.5) is 5.69 Å². The SMILES string of the molecule is Cc1ccc(-c2nc3c([nH]2)=CCCC=3)cc1NC(=S)NC(=O)c1ccc2c(c1)OCCO2. The topological polar surface area (TPSA) is 88.3 Å². The van der Waals surface area contributed by atoms with Crippen molar-refractivity contribution in [2.24, 2.45) is 0 Å². The van der Waals surface area contributed by atoms with E-state index in [1.165, 1.54) is 0 Å². The smallest absolute Gasteiger partial charge is 0.257 e. The molecular formula is C24H22N4O3S. The number of nitrogens with one attached hydrogen (secondary N) is 3. The van der Waals surface area contributed by atoms with Crippen molar-refractivity contribution in [2.75, 3.05) is 18.5 Å². The highest BCUT2D eigenvalue weighted by atomic mass is 32.1. The predicted molar refractivity (Wildman–Crippen MR) is 127 cm³/mol. The normalized spacial score (nSPS) is 13.9. The zero-order chi connectivity index (χ0) is 22.1. The molecule has 0 atom stereocenters. The number of nitrogens with zero attached hydrogens (tertiary/aromatic N) is 1. The van der Waals surface area contributed by atoms with Crippen LogP contribution in [0.25, 0.3) is 23.5 Å². The van der Waals surface area contributed by atoms with Gasteiger partial charge in [0.05, 0.1) is 10.7 Å². The molecule has 32 heavy (non-hydrogen) atoms. The van der Waals surface area contributed by atoms with Gasteiger partial charge in [0.15, 0.2) is 16.6 Å². The number of aromatic amines is 1. The standard InChI is InChI=1S/C24H22N4O3S/c1-14-6-7-15(22-25-17-4-2-3-5-18(17)26-22)12-19(14)27-24(32)28-23(29)16-8-9-20-21(13-16)31-11-10-30-20/h4-9,12-13H,2-3,10-11H2,1H3,(H,25,26)(H2,27,28,29,32). The van der Waals surface area contributed by atoms with Crippen LogP contribution in [0.5, 0.6) is 11.5 Å². The summed E-state index contributed by atoms with van der Waals surface area (Å²) < 4.78 is 11.0. The lowest BCUT2D eigenvalue weighted by atomic mass is 10.1. The molecule has 0 bridgehead atoms. The van der Waals surface area contributed by atoms with E-state index in [9.17, 15) is 4.79 Å². The van der Waals surface area contributed by atoms with Crippen LogP contribution in [0.3, 0.4) is 0 Å². The summed E-state index contributed by atoms with van der Waals surface area (Å²) in [5.74, 6) is 1.68. The lowest BCUT2D eigenvalue weighted by Gasteiger charge is -2.19. The van der Waals surface area contributed by atoms with Gasteiger partial charge in [-0.25, -0.2) is 4.98 Å². The maximum atomic E-state index is 12.7. The number of rotatable bonds is 3. The van der Waals surface area contributed by atoms with Gasteiger partial charge in [-0.1, -0.05) is 24.3 Å². The van der Waals surface area contributed by atoms with Crippen LogP contribution in [-0.2, 0) is 0 Å². The number of benzene rings is 2. The van der Waals surface area contributed by atoms with E-state index < -0.39 is 0 Å². The summed E-state index contributed by atoms with van der Waals surface area (Å²) >= 11 is 5.39. The van der Waals surface area contributed by atoms with E-state index in [1.54, 1.807) is 18.2 Å². The highest BCUT2D eigenvalue weighted by Crippen LogP contribution is 2.30. The number of aromatic nitrogens is 2. The molecule has 1 aliphatic carbocycles. The van der Waals surface area contributed by atoms with Crippen molar-refractivity contribution in [3.63, 3.8) is 0 Å². The molecule has 0 saturated heterocycles. The van der Waals surface area contributed by atoms with Crippen molar-refractivity contribution < 1.29 is 14.3 Å². The van der Waals surface area contributed by atoms with Gasteiger partial charge in [-0.05, 0) is 61.8 Å².